The maximum absolute atomic E-state index is 4.37. The van der Waals surface area contributed by atoms with Gasteiger partial charge in [-0.1, -0.05) is 48.5 Å². The highest BCUT2D eigenvalue weighted by Gasteiger charge is 2.16. The van der Waals surface area contributed by atoms with Gasteiger partial charge in [-0.2, -0.15) is 0 Å². The molecule has 0 amide bonds. The van der Waals surface area contributed by atoms with Crippen LogP contribution in [0, 0.1) is 0 Å². The van der Waals surface area contributed by atoms with Gasteiger partial charge in [-0.05, 0) is 16.5 Å². The molecule has 1 saturated heterocycles. The summed E-state index contributed by atoms with van der Waals surface area (Å²) >= 11 is 0. The molecule has 1 aliphatic rings. The molecule has 0 bridgehead atoms. The first-order valence-electron chi connectivity index (χ1n) is 7.30. The van der Waals surface area contributed by atoms with Crippen LogP contribution in [0.1, 0.15) is 11.5 Å². The molecule has 0 aliphatic carbocycles. The Labute approximate surface area is 124 Å². The second-order valence-electron chi connectivity index (χ2n) is 5.49. The number of fused-ring (bicyclic) bond motifs is 1. The largest absolute Gasteiger partial charge is 0.263 e. The van der Waals surface area contributed by atoms with Gasteiger partial charge >= 0.3 is 0 Å². The average molecular weight is 275 g/mol. The highest BCUT2D eigenvalue weighted by Crippen LogP contribution is 2.28. The van der Waals surface area contributed by atoms with Crippen LogP contribution in [0.2, 0.25) is 0 Å². The van der Waals surface area contributed by atoms with Crippen molar-refractivity contribution in [1.29, 1.82) is 0 Å². The Bertz CT molecular complexity index is 754. The zero-order valence-corrected chi connectivity index (χ0v) is 11.7. The van der Waals surface area contributed by atoms with Crippen molar-refractivity contribution in [3.63, 3.8) is 0 Å². The molecule has 0 atom stereocenters. The SMILES string of the molecule is c1ccc2c(-c3ccc(C4CNNC4)cc3)cncc2c1. The lowest BCUT2D eigenvalue weighted by Crippen LogP contribution is -2.21. The van der Waals surface area contributed by atoms with Crippen LogP contribution in [0.3, 0.4) is 0 Å². The van der Waals surface area contributed by atoms with Gasteiger partial charge in [-0.25, -0.2) is 0 Å². The van der Waals surface area contributed by atoms with E-state index in [1.807, 2.05) is 12.4 Å². The standard InChI is InChI=1S/C18H17N3/c1-2-4-17-15(3-1)9-19-12-18(17)14-7-5-13(6-8-14)16-10-20-21-11-16/h1-9,12,16,20-21H,10-11H2. The smallest absolute Gasteiger partial charge is 0.0352 e. The summed E-state index contributed by atoms with van der Waals surface area (Å²) < 4.78 is 0. The summed E-state index contributed by atoms with van der Waals surface area (Å²) in [6.45, 7) is 1.99. The van der Waals surface area contributed by atoms with Crippen molar-refractivity contribution >= 4 is 10.8 Å². The Hall–Kier alpha value is -2.23. The maximum Gasteiger partial charge on any atom is 0.0352 e. The predicted molar refractivity (Wildman–Crippen MR) is 85.9 cm³/mol. The average Bonchev–Trinajstić information content (AvgIpc) is 3.09. The van der Waals surface area contributed by atoms with E-state index in [1.54, 1.807) is 0 Å². The number of hydrogen-bond donors (Lipinski definition) is 2. The second-order valence-corrected chi connectivity index (χ2v) is 5.49. The summed E-state index contributed by atoms with van der Waals surface area (Å²) in [4.78, 5) is 4.37. The zero-order chi connectivity index (χ0) is 14.1. The Morgan fingerprint density at radius 3 is 2.43 bits per heavy atom. The number of pyridine rings is 1. The first-order valence-corrected chi connectivity index (χ1v) is 7.30. The van der Waals surface area contributed by atoms with E-state index >= 15 is 0 Å². The van der Waals surface area contributed by atoms with Crippen LogP contribution in [0.15, 0.2) is 60.9 Å². The molecule has 0 saturated carbocycles. The number of nitrogens with zero attached hydrogens (tertiary/aromatic N) is 1. The number of rotatable bonds is 2. The Balaban J connectivity index is 1.75. The van der Waals surface area contributed by atoms with Crippen LogP contribution in [-0.2, 0) is 0 Å². The Kier molecular flexibility index (Phi) is 3.14. The molecule has 3 aromatic rings. The summed E-state index contributed by atoms with van der Waals surface area (Å²) in [7, 11) is 0. The van der Waals surface area contributed by atoms with Crippen molar-refractivity contribution in [3.05, 3.63) is 66.5 Å². The van der Waals surface area contributed by atoms with Gasteiger partial charge in [0, 0.05) is 42.4 Å². The second kappa shape index (κ2) is 5.28. The first kappa shape index (κ1) is 12.5. The first-order chi connectivity index (χ1) is 10.4. The quantitative estimate of drug-likeness (QED) is 0.754. The third-order valence-electron chi connectivity index (χ3n) is 4.18. The van der Waals surface area contributed by atoms with Crippen LogP contribution in [0.4, 0.5) is 0 Å². The van der Waals surface area contributed by atoms with Crippen LogP contribution < -0.4 is 10.9 Å². The van der Waals surface area contributed by atoms with E-state index in [1.165, 1.54) is 27.5 Å². The van der Waals surface area contributed by atoms with Crippen LogP contribution in [-0.4, -0.2) is 18.1 Å². The molecule has 104 valence electrons. The molecular formula is C18H17N3. The normalized spacial score (nSPS) is 15.6. The monoisotopic (exact) mass is 275 g/mol. The molecule has 1 aliphatic heterocycles. The van der Waals surface area contributed by atoms with E-state index in [4.69, 9.17) is 0 Å². The van der Waals surface area contributed by atoms with E-state index in [0.29, 0.717) is 5.92 Å². The third kappa shape index (κ3) is 2.31. The lowest BCUT2D eigenvalue weighted by Gasteiger charge is -2.10. The van der Waals surface area contributed by atoms with Gasteiger partial charge in [0.05, 0.1) is 0 Å². The fourth-order valence-electron chi connectivity index (χ4n) is 2.98. The van der Waals surface area contributed by atoms with E-state index in [9.17, 15) is 0 Å². The highest BCUT2D eigenvalue weighted by atomic mass is 15.4. The minimum Gasteiger partial charge on any atom is -0.263 e. The molecule has 2 aromatic carbocycles. The molecule has 0 radical (unpaired) electrons. The Morgan fingerprint density at radius 1 is 0.857 bits per heavy atom. The van der Waals surface area contributed by atoms with Gasteiger partial charge in [0.25, 0.3) is 0 Å². The van der Waals surface area contributed by atoms with Crippen LogP contribution >= 0.6 is 0 Å². The topological polar surface area (TPSA) is 37.0 Å². The molecule has 0 unspecified atom stereocenters. The van der Waals surface area contributed by atoms with Crippen molar-refractivity contribution in [1.82, 2.24) is 15.8 Å². The van der Waals surface area contributed by atoms with E-state index in [0.717, 1.165) is 13.1 Å². The van der Waals surface area contributed by atoms with E-state index in [-0.39, 0.29) is 0 Å². The summed E-state index contributed by atoms with van der Waals surface area (Å²) in [5.74, 6) is 0.560. The van der Waals surface area contributed by atoms with Gasteiger partial charge in [-0.3, -0.25) is 15.8 Å². The minimum absolute atomic E-state index is 0.560. The van der Waals surface area contributed by atoms with Gasteiger partial charge in [0.15, 0.2) is 0 Å². The molecule has 2 heterocycles. The fourth-order valence-corrected chi connectivity index (χ4v) is 2.98. The fraction of sp³-hybridized carbons (Fsp3) is 0.167. The third-order valence-corrected chi connectivity index (χ3v) is 4.18. The van der Waals surface area contributed by atoms with E-state index < -0.39 is 0 Å². The molecule has 2 N–H and O–H groups in total. The van der Waals surface area contributed by atoms with Crippen LogP contribution in [0.25, 0.3) is 21.9 Å². The molecule has 4 rings (SSSR count). The molecular weight excluding hydrogens is 258 g/mol. The number of aromatic nitrogens is 1. The Morgan fingerprint density at radius 2 is 1.62 bits per heavy atom. The molecule has 21 heavy (non-hydrogen) atoms. The van der Waals surface area contributed by atoms with Crippen molar-refractivity contribution < 1.29 is 0 Å². The molecule has 0 spiro atoms. The van der Waals surface area contributed by atoms with Gasteiger partial charge in [-0.15, -0.1) is 0 Å². The maximum atomic E-state index is 4.37. The lowest BCUT2D eigenvalue weighted by atomic mass is 9.96. The van der Waals surface area contributed by atoms with Gasteiger partial charge in [0.2, 0.25) is 0 Å². The number of benzene rings is 2. The molecule has 3 heteroatoms. The van der Waals surface area contributed by atoms with Crippen molar-refractivity contribution in [3.8, 4) is 11.1 Å². The minimum atomic E-state index is 0.560. The lowest BCUT2D eigenvalue weighted by molar-refractivity contribution is 0.689. The number of hydrazine groups is 1. The summed E-state index contributed by atoms with van der Waals surface area (Å²) in [6.07, 6.45) is 3.87. The molecule has 3 nitrogen and oxygen atoms in total. The summed E-state index contributed by atoms with van der Waals surface area (Å²) in [5.41, 5.74) is 10.2. The summed E-state index contributed by atoms with van der Waals surface area (Å²) in [5, 5.41) is 2.44. The molecule has 1 aromatic heterocycles. The number of hydrogen-bond acceptors (Lipinski definition) is 3. The van der Waals surface area contributed by atoms with Gasteiger partial charge < -0.3 is 0 Å². The van der Waals surface area contributed by atoms with E-state index in [2.05, 4.69) is 64.4 Å². The van der Waals surface area contributed by atoms with Crippen molar-refractivity contribution in [2.75, 3.05) is 13.1 Å². The molecule has 1 fully saturated rings. The number of nitrogens with one attached hydrogen (secondary N) is 2. The van der Waals surface area contributed by atoms with Gasteiger partial charge in [0.1, 0.15) is 0 Å². The van der Waals surface area contributed by atoms with Crippen molar-refractivity contribution in [2.24, 2.45) is 0 Å². The summed E-state index contributed by atoms with van der Waals surface area (Å²) in [6, 6.07) is 17.3. The zero-order valence-electron chi connectivity index (χ0n) is 11.7. The van der Waals surface area contributed by atoms with Crippen molar-refractivity contribution in [2.45, 2.75) is 5.92 Å². The predicted octanol–water partition coefficient (Wildman–Crippen LogP) is 3.09. The highest BCUT2D eigenvalue weighted by molar-refractivity contribution is 5.95. The van der Waals surface area contributed by atoms with Crippen LogP contribution in [0.5, 0.6) is 0 Å².